The van der Waals surface area contributed by atoms with Crippen LogP contribution in [0.15, 0.2) is 29.6 Å². The van der Waals surface area contributed by atoms with Gasteiger partial charge in [-0.25, -0.2) is 4.98 Å². The highest BCUT2D eigenvalue weighted by Gasteiger charge is 2.09. The van der Waals surface area contributed by atoms with Crippen LogP contribution in [0.5, 0.6) is 0 Å². The molecular formula is C14H11N3OS. The lowest BCUT2D eigenvalue weighted by atomic mass is 10.1. The molecule has 5 heteroatoms. The van der Waals surface area contributed by atoms with E-state index in [0.29, 0.717) is 12.1 Å². The van der Waals surface area contributed by atoms with Crippen molar-refractivity contribution in [1.82, 2.24) is 4.98 Å². The van der Waals surface area contributed by atoms with Crippen LogP contribution in [-0.4, -0.2) is 23.2 Å². The molecule has 2 heterocycles. The molecule has 0 spiro atoms. The zero-order chi connectivity index (χ0) is 13.2. The molecule has 2 aromatic heterocycles. The highest BCUT2D eigenvalue weighted by Crippen LogP contribution is 2.33. The van der Waals surface area contributed by atoms with Crippen LogP contribution >= 0.6 is 11.3 Å². The van der Waals surface area contributed by atoms with Gasteiger partial charge >= 0.3 is 0 Å². The molecule has 0 radical (unpaired) electrons. The molecule has 0 saturated heterocycles. The number of benzene rings is 1. The topological polar surface area (TPSA) is 68.9 Å². The average Bonchev–Trinajstić information content (AvgIpc) is 2.93. The van der Waals surface area contributed by atoms with E-state index in [4.69, 9.17) is 10.4 Å². The minimum Gasteiger partial charge on any atom is -0.395 e. The maximum Gasteiger partial charge on any atom is 0.135 e. The lowest BCUT2D eigenvalue weighted by Gasteiger charge is -2.08. The van der Waals surface area contributed by atoms with Gasteiger partial charge in [0.15, 0.2) is 0 Å². The predicted molar refractivity (Wildman–Crippen MR) is 77.4 cm³/mol. The molecule has 4 nitrogen and oxygen atoms in total. The molecule has 3 aromatic rings. The molecule has 0 aliphatic rings. The summed E-state index contributed by atoms with van der Waals surface area (Å²) in [5.41, 5.74) is 1.40. The third-order valence-electron chi connectivity index (χ3n) is 2.93. The summed E-state index contributed by atoms with van der Waals surface area (Å²) in [6, 6.07) is 9.68. The maximum atomic E-state index is 8.96. The summed E-state index contributed by atoms with van der Waals surface area (Å²) in [4.78, 5) is 4.56. The summed E-state index contributed by atoms with van der Waals surface area (Å²) in [7, 11) is 0. The van der Waals surface area contributed by atoms with Crippen molar-refractivity contribution in [2.75, 3.05) is 18.5 Å². The van der Waals surface area contributed by atoms with E-state index in [9.17, 15) is 0 Å². The molecule has 0 unspecified atom stereocenters. The van der Waals surface area contributed by atoms with E-state index >= 15 is 0 Å². The summed E-state index contributed by atoms with van der Waals surface area (Å²) in [6.07, 6.45) is 0. The Morgan fingerprint density at radius 3 is 3.00 bits per heavy atom. The van der Waals surface area contributed by atoms with Crippen LogP contribution in [0.3, 0.4) is 0 Å². The molecule has 94 valence electrons. The lowest BCUT2D eigenvalue weighted by Crippen LogP contribution is -2.07. The van der Waals surface area contributed by atoms with Crippen LogP contribution in [0.4, 0.5) is 5.82 Å². The summed E-state index contributed by atoms with van der Waals surface area (Å²) < 4.78 is 1.15. The largest absolute Gasteiger partial charge is 0.395 e. The molecule has 3 rings (SSSR count). The van der Waals surface area contributed by atoms with Crippen molar-refractivity contribution in [3.05, 3.63) is 35.2 Å². The van der Waals surface area contributed by atoms with Crippen molar-refractivity contribution >= 4 is 38.1 Å². The number of aromatic nitrogens is 1. The van der Waals surface area contributed by atoms with E-state index in [1.807, 2.05) is 23.6 Å². The Hall–Kier alpha value is -2.16. The maximum absolute atomic E-state index is 8.96. The number of aliphatic hydroxyl groups excluding tert-OH is 1. The minimum absolute atomic E-state index is 0.0591. The zero-order valence-electron chi connectivity index (χ0n) is 10.1. The second kappa shape index (κ2) is 4.84. The number of hydrogen-bond donors (Lipinski definition) is 2. The zero-order valence-corrected chi connectivity index (χ0v) is 10.9. The molecule has 0 bridgehead atoms. The quantitative estimate of drug-likeness (QED) is 0.767. The van der Waals surface area contributed by atoms with Crippen LogP contribution in [0.25, 0.3) is 21.0 Å². The van der Waals surface area contributed by atoms with Gasteiger partial charge in [-0.2, -0.15) is 5.26 Å². The second-order valence-corrected chi connectivity index (χ2v) is 5.03. The van der Waals surface area contributed by atoms with Gasteiger partial charge in [0.25, 0.3) is 0 Å². The van der Waals surface area contributed by atoms with Crippen LogP contribution in [0.1, 0.15) is 5.56 Å². The monoisotopic (exact) mass is 269 g/mol. The van der Waals surface area contributed by atoms with Gasteiger partial charge in [-0.05, 0) is 23.6 Å². The van der Waals surface area contributed by atoms with E-state index < -0.39 is 0 Å². The number of thiophene rings is 1. The van der Waals surface area contributed by atoms with E-state index in [1.54, 1.807) is 17.4 Å². The fourth-order valence-electron chi connectivity index (χ4n) is 2.08. The van der Waals surface area contributed by atoms with Crippen molar-refractivity contribution in [3.8, 4) is 6.07 Å². The van der Waals surface area contributed by atoms with Crippen molar-refractivity contribution in [1.29, 1.82) is 5.26 Å². The number of nitrogens with zero attached hydrogens (tertiary/aromatic N) is 2. The first-order valence-electron chi connectivity index (χ1n) is 5.89. The summed E-state index contributed by atoms with van der Waals surface area (Å²) in [6.45, 7) is 0.519. The molecule has 0 aliphatic carbocycles. The van der Waals surface area contributed by atoms with Crippen molar-refractivity contribution < 1.29 is 5.11 Å². The van der Waals surface area contributed by atoms with Gasteiger partial charge in [0.2, 0.25) is 0 Å². The van der Waals surface area contributed by atoms with Gasteiger partial charge in [0.1, 0.15) is 5.82 Å². The third kappa shape index (κ3) is 2.01. The lowest BCUT2D eigenvalue weighted by molar-refractivity contribution is 0.311. The first-order chi connectivity index (χ1) is 9.33. The Balaban J connectivity index is 2.28. The van der Waals surface area contributed by atoms with Gasteiger partial charge in [-0.1, -0.05) is 6.07 Å². The normalized spacial score (nSPS) is 10.7. The molecule has 2 N–H and O–H groups in total. The summed E-state index contributed by atoms with van der Waals surface area (Å²) >= 11 is 1.65. The molecule has 19 heavy (non-hydrogen) atoms. The van der Waals surface area contributed by atoms with E-state index in [1.165, 1.54) is 0 Å². The molecule has 0 amide bonds. The van der Waals surface area contributed by atoms with E-state index in [-0.39, 0.29) is 6.61 Å². The summed E-state index contributed by atoms with van der Waals surface area (Å²) in [5, 5.41) is 25.1. The van der Waals surface area contributed by atoms with E-state index in [0.717, 1.165) is 26.8 Å². The number of rotatable bonds is 3. The third-order valence-corrected chi connectivity index (χ3v) is 3.88. The fraction of sp³-hybridized carbons (Fsp3) is 0.143. The molecule has 0 atom stereocenters. The highest BCUT2D eigenvalue weighted by molar-refractivity contribution is 7.18. The van der Waals surface area contributed by atoms with Gasteiger partial charge < -0.3 is 10.4 Å². The van der Waals surface area contributed by atoms with E-state index in [2.05, 4.69) is 16.4 Å². The standard InChI is InChI=1S/C14H11N3OS/c15-8-9-1-2-10-12(7-9)17-14(16-4-5-18)11-3-6-19-13(10)11/h1-3,6-7,18H,4-5H2,(H,16,17). The fourth-order valence-corrected chi connectivity index (χ4v) is 3.01. The SMILES string of the molecule is N#Cc1ccc2c(c1)nc(NCCO)c1ccsc12. The summed E-state index contributed by atoms with van der Waals surface area (Å²) in [5.74, 6) is 0.757. The van der Waals surface area contributed by atoms with Gasteiger partial charge in [0.05, 0.1) is 23.8 Å². The molecule has 0 fully saturated rings. The van der Waals surface area contributed by atoms with Gasteiger partial charge in [0, 0.05) is 22.0 Å². The Labute approximate surface area is 113 Å². The van der Waals surface area contributed by atoms with Crippen LogP contribution < -0.4 is 5.32 Å². The van der Waals surface area contributed by atoms with Crippen molar-refractivity contribution in [3.63, 3.8) is 0 Å². The average molecular weight is 269 g/mol. The van der Waals surface area contributed by atoms with Crippen LogP contribution in [0.2, 0.25) is 0 Å². The molecule has 0 aliphatic heterocycles. The molecule has 0 saturated carbocycles. The Morgan fingerprint density at radius 2 is 2.21 bits per heavy atom. The van der Waals surface area contributed by atoms with Gasteiger partial charge in [-0.3, -0.25) is 0 Å². The first-order valence-corrected chi connectivity index (χ1v) is 6.77. The smallest absolute Gasteiger partial charge is 0.135 e. The van der Waals surface area contributed by atoms with Crippen LogP contribution in [-0.2, 0) is 0 Å². The number of aliphatic hydroxyl groups is 1. The second-order valence-electron chi connectivity index (χ2n) is 4.12. The van der Waals surface area contributed by atoms with Crippen molar-refractivity contribution in [2.24, 2.45) is 0 Å². The number of hydrogen-bond acceptors (Lipinski definition) is 5. The minimum atomic E-state index is 0.0591. The van der Waals surface area contributed by atoms with Crippen molar-refractivity contribution in [2.45, 2.75) is 0 Å². The first kappa shape index (κ1) is 11.9. The number of fused-ring (bicyclic) bond motifs is 3. The number of nitriles is 1. The Bertz CT molecular complexity index is 788. The number of nitrogens with one attached hydrogen (secondary N) is 1. The predicted octanol–water partition coefficient (Wildman–Crippen LogP) is 2.73. The number of anilines is 1. The van der Waals surface area contributed by atoms with Gasteiger partial charge in [-0.15, -0.1) is 11.3 Å². The molecule has 1 aromatic carbocycles. The Morgan fingerprint density at radius 1 is 1.32 bits per heavy atom. The Kier molecular flexibility index (Phi) is 3.03. The van der Waals surface area contributed by atoms with Crippen LogP contribution in [0, 0.1) is 11.3 Å². The molecular weight excluding hydrogens is 258 g/mol. The number of pyridine rings is 1. The highest BCUT2D eigenvalue weighted by atomic mass is 32.1.